The lowest BCUT2D eigenvalue weighted by atomic mass is 9.89. The van der Waals surface area contributed by atoms with E-state index in [-0.39, 0.29) is 75.7 Å². The number of H-pyrrole nitrogens is 1. The highest BCUT2D eigenvalue weighted by Crippen LogP contribution is 2.16. The second-order valence-electron chi connectivity index (χ2n) is 9.83. The van der Waals surface area contributed by atoms with Gasteiger partial charge in [0.2, 0.25) is 11.8 Å². The number of nitrogens with two attached hydrogens (primary N) is 1. The molecule has 16 nitrogen and oxygen atoms in total. The number of nitrogens with one attached hydrogen (secondary N) is 4. The molecule has 44 heavy (non-hydrogen) atoms. The number of aromatic nitrogens is 2. The molecule has 0 saturated heterocycles. The lowest BCUT2D eigenvalue weighted by molar-refractivity contribution is -0.136. The van der Waals surface area contributed by atoms with E-state index in [9.17, 15) is 24.0 Å². The third kappa shape index (κ3) is 20.6. The zero-order chi connectivity index (χ0) is 32.4. The Bertz CT molecular complexity index is 963. The molecule has 1 aromatic heterocycles. The van der Waals surface area contributed by atoms with Crippen molar-refractivity contribution in [2.24, 2.45) is 11.7 Å². The minimum absolute atomic E-state index is 0.0439. The summed E-state index contributed by atoms with van der Waals surface area (Å²) in [6.45, 7) is 4.00. The number of carboxylic acid groups (broad SMARTS) is 1. The zero-order valence-corrected chi connectivity index (χ0v) is 25.5. The van der Waals surface area contributed by atoms with Crippen LogP contribution in [0.2, 0.25) is 0 Å². The summed E-state index contributed by atoms with van der Waals surface area (Å²) in [7, 11) is 0. The Morgan fingerprint density at radius 2 is 1.55 bits per heavy atom. The van der Waals surface area contributed by atoms with Crippen molar-refractivity contribution in [1.29, 1.82) is 0 Å². The van der Waals surface area contributed by atoms with E-state index in [1.165, 1.54) is 6.33 Å². The van der Waals surface area contributed by atoms with Gasteiger partial charge in [0.05, 0.1) is 58.5 Å². The second-order valence-corrected chi connectivity index (χ2v) is 9.83. The Kier molecular flexibility index (Phi) is 22.1. The van der Waals surface area contributed by atoms with E-state index in [4.69, 9.17) is 29.8 Å². The first-order valence-electron chi connectivity index (χ1n) is 14.8. The number of amides is 2. The van der Waals surface area contributed by atoms with Gasteiger partial charge in [-0.1, -0.05) is 6.42 Å². The number of carbonyl (C=O) groups excluding carboxylic acids is 4. The van der Waals surface area contributed by atoms with Crippen LogP contribution in [0.1, 0.15) is 38.3 Å². The summed E-state index contributed by atoms with van der Waals surface area (Å²) < 4.78 is 20.9. The molecule has 1 aromatic rings. The molecule has 0 radical (unpaired) electrons. The molecule has 250 valence electrons. The summed E-state index contributed by atoms with van der Waals surface area (Å²) in [6, 6.07) is -0.801. The van der Waals surface area contributed by atoms with Gasteiger partial charge < -0.3 is 50.7 Å². The fourth-order valence-electron chi connectivity index (χ4n) is 3.88. The number of carboxylic acids is 1. The predicted molar refractivity (Wildman–Crippen MR) is 158 cm³/mol. The first-order valence-corrected chi connectivity index (χ1v) is 14.8. The number of carbonyl (C=O) groups is 5. The van der Waals surface area contributed by atoms with Crippen molar-refractivity contribution >= 4 is 29.4 Å². The van der Waals surface area contributed by atoms with E-state index in [2.05, 4.69) is 25.9 Å². The molecular weight excluding hydrogens is 580 g/mol. The summed E-state index contributed by atoms with van der Waals surface area (Å²) in [5.41, 5.74) is 6.74. The van der Waals surface area contributed by atoms with Crippen LogP contribution in [0.5, 0.6) is 0 Å². The molecule has 0 saturated carbocycles. The van der Waals surface area contributed by atoms with Crippen LogP contribution in [-0.4, -0.2) is 130 Å². The van der Waals surface area contributed by atoms with Crippen LogP contribution in [-0.2, 0) is 49.3 Å². The highest BCUT2D eigenvalue weighted by Gasteiger charge is 2.25. The first-order chi connectivity index (χ1) is 21.2. The minimum Gasteiger partial charge on any atom is -0.480 e. The molecule has 0 aliphatic rings. The highest BCUT2D eigenvalue weighted by molar-refractivity contribution is 5.91. The van der Waals surface area contributed by atoms with Crippen LogP contribution in [0.3, 0.4) is 0 Å². The number of hydrogen-bond donors (Lipinski definition) is 6. The molecule has 0 spiro atoms. The van der Waals surface area contributed by atoms with Crippen molar-refractivity contribution in [2.45, 2.75) is 45.1 Å². The Morgan fingerprint density at radius 3 is 2.18 bits per heavy atom. The Morgan fingerprint density at radius 1 is 0.886 bits per heavy atom. The quantitative estimate of drug-likeness (QED) is 0.0560. The second kappa shape index (κ2) is 25.1. The summed E-state index contributed by atoms with van der Waals surface area (Å²) in [6.07, 6.45) is 4.79. The number of aliphatic carboxylic acids is 1. The lowest BCUT2D eigenvalue weighted by Crippen LogP contribution is -2.37. The molecule has 0 aromatic carbocycles. The molecule has 7 N–H and O–H groups in total. The van der Waals surface area contributed by atoms with E-state index < -0.39 is 17.9 Å². The van der Waals surface area contributed by atoms with Gasteiger partial charge in [-0.05, 0) is 19.8 Å². The molecule has 2 atom stereocenters. The maximum absolute atomic E-state index is 12.7. The molecular formula is C28H48N6O10. The number of unbranched alkanes of at least 4 members (excludes halogenated alkanes) is 1. The fraction of sp³-hybridized carbons (Fsp3) is 0.714. The monoisotopic (exact) mass is 628 g/mol. The molecule has 0 aliphatic carbocycles. The SMILES string of the molecule is CCOCCOCC(=O)NCCOCCOCC(=O)NCCCC[C@H](CC(=O)[C@@H](N)Cc1cnc[nH]1)C(=O)CNCC(=O)O. The van der Waals surface area contributed by atoms with Crippen LogP contribution in [0.15, 0.2) is 12.5 Å². The van der Waals surface area contributed by atoms with E-state index in [0.717, 1.165) is 0 Å². The molecule has 1 heterocycles. The first kappa shape index (κ1) is 38.7. The van der Waals surface area contributed by atoms with E-state index in [1.807, 2.05) is 6.92 Å². The molecule has 1 rings (SSSR count). The number of ketones is 2. The molecule has 0 fully saturated rings. The summed E-state index contributed by atoms with van der Waals surface area (Å²) in [4.78, 5) is 66.6. The van der Waals surface area contributed by atoms with Gasteiger partial charge in [-0.15, -0.1) is 0 Å². The van der Waals surface area contributed by atoms with Crippen LogP contribution < -0.4 is 21.7 Å². The topological polar surface area (TPSA) is 233 Å². The van der Waals surface area contributed by atoms with E-state index >= 15 is 0 Å². The van der Waals surface area contributed by atoms with Gasteiger partial charge in [-0.3, -0.25) is 24.0 Å². The van der Waals surface area contributed by atoms with Crippen molar-refractivity contribution in [3.8, 4) is 0 Å². The molecule has 0 bridgehead atoms. The molecule has 2 amide bonds. The normalized spacial score (nSPS) is 12.4. The highest BCUT2D eigenvalue weighted by atomic mass is 16.5. The Hall–Kier alpha value is -3.28. The molecule has 0 unspecified atom stereocenters. The smallest absolute Gasteiger partial charge is 0.317 e. The van der Waals surface area contributed by atoms with Gasteiger partial charge >= 0.3 is 5.97 Å². The lowest BCUT2D eigenvalue weighted by Gasteiger charge is -2.18. The van der Waals surface area contributed by atoms with Crippen molar-refractivity contribution in [1.82, 2.24) is 25.9 Å². The van der Waals surface area contributed by atoms with E-state index in [1.54, 1.807) is 6.20 Å². The number of imidazole rings is 1. The van der Waals surface area contributed by atoms with Crippen molar-refractivity contribution < 1.29 is 48.0 Å². The van der Waals surface area contributed by atoms with Crippen LogP contribution in [0.25, 0.3) is 0 Å². The molecule has 0 aliphatic heterocycles. The third-order valence-corrected chi connectivity index (χ3v) is 6.17. The summed E-state index contributed by atoms with van der Waals surface area (Å²) in [5.74, 6) is -2.79. The fourth-order valence-corrected chi connectivity index (χ4v) is 3.88. The summed E-state index contributed by atoms with van der Waals surface area (Å²) in [5, 5.41) is 16.8. The number of rotatable bonds is 29. The number of ether oxygens (including phenoxy) is 4. The van der Waals surface area contributed by atoms with Crippen molar-refractivity contribution in [2.75, 3.05) is 79.0 Å². The maximum Gasteiger partial charge on any atom is 0.317 e. The largest absolute Gasteiger partial charge is 0.480 e. The number of aromatic amines is 1. The van der Waals surface area contributed by atoms with Crippen LogP contribution in [0.4, 0.5) is 0 Å². The third-order valence-electron chi connectivity index (χ3n) is 6.17. The van der Waals surface area contributed by atoms with Gasteiger partial charge in [0.25, 0.3) is 0 Å². The number of nitrogens with zero attached hydrogens (tertiary/aromatic N) is 1. The molecule has 16 heteroatoms. The van der Waals surface area contributed by atoms with Crippen molar-refractivity contribution in [3.63, 3.8) is 0 Å². The average Bonchev–Trinajstić information content (AvgIpc) is 3.50. The maximum atomic E-state index is 12.7. The standard InChI is InChI=1S/C28H48N6O10/c1-2-41-9-11-43-19-27(38)33-7-8-42-10-12-44-18-26(37)32-6-4-3-5-21(25(36)16-30-17-28(39)40)13-24(35)23(29)14-22-15-31-20-34-22/h15,20-21,23,30H,2-14,16-19,29H2,1H3,(H,31,34)(H,32,37)(H,33,38)(H,39,40)/t21-,23+/m1/s1. The summed E-state index contributed by atoms with van der Waals surface area (Å²) >= 11 is 0. The number of Topliss-reactive ketones (excluding diaryl/α,β-unsaturated/α-hetero) is 2. The van der Waals surface area contributed by atoms with Crippen LogP contribution >= 0.6 is 0 Å². The van der Waals surface area contributed by atoms with Gasteiger partial charge in [0.1, 0.15) is 19.0 Å². The van der Waals surface area contributed by atoms with E-state index in [0.29, 0.717) is 64.5 Å². The van der Waals surface area contributed by atoms with Gasteiger partial charge in [-0.2, -0.15) is 0 Å². The van der Waals surface area contributed by atoms with Crippen molar-refractivity contribution in [3.05, 3.63) is 18.2 Å². The van der Waals surface area contributed by atoms with Gasteiger partial charge in [0.15, 0.2) is 5.78 Å². The van der Waals surface area contributed by atoms with Gasteiger partial charge in [-0.25, -0.2) is 4.98 Å². The minimum atomic E-state index is -1.09. The van der Waals surface area contributed by atoms with Crippen LogP contribution in [0, 0.1) is 5.92 Å². The van der Waals surface area contributed by atoms with Gasteiger partial charge in [0, 0.05) is 50.3 Å². The predicted octanol–water partition coefficient (Wildman–Crippen LogP) is -1.41. The Balaban J connectivity index is 2.19. The Labute approximate surface area is 257 Å². The average molecular weight is 629 g/mol. The zero-order valence-electron chi connectivity index (χ0n) is 25.5. The number of hydrogen-bond acceptors (Lipinski definition) is 12.